The highest BCUT2D eigenvalue weighted by molar-refractivity contribution is 9.10. The van der Waals surface area contributed by atoms with Crippen molar-refractivity contribution < 1.29 is 4.42 Å². The maximum atomic E-state index is 6.00. The lowest BCUT2D eigenvalue weighted by Gasteiger charge is -2.08. The summed E-state index contributed by atoms with van der Waals surface area (Å²) in [5.74, 6) is 2.42. The zero-order valence-electron chi connectivity index (χ0n) is 11.5. The van der Waals surface area contributed by atoms with Crippen LogP contribution in [-0.4, -0.2) is 9.97 Å². The van der Waals surface area contributed by atoms with Crippen LogP contribution in [0.25, 0.3) is 22.8 Å². The highest BCUT2D eigenvalue weighted by Crippen LogP contribution is 2.32. The summed E-state index contributed by atoms with van der Waals surface area (Å²) >= 11 is 3.46. The first kappa shape index (κ1) is 13.8. The number of furan rings is 1. The number of halogens is 1. The van der Waals surface area contributed by atoms with E-state index < -0.39 is 0 Å². The number of rotatable bonds is 3. The second-order valence-electron chi connectivity index (χ2n) is 4.58. The standard InChI is InChI=1S/C16H14BrN3O/c1-2-11-8-9-12(21-11)16-19-14(13(17)15(18)20-16)10-6-4-3-5-7-10/h3-9H,2H2,1H3,(H2,18,19,20). The third-order valence-electron chi connectivity index (χ3n) is 3.15. The second-order valence-corrected chi connectivity index (χ2v) is 5.37. The van der Waals surface area contributed by atoms with Gasteiger partial charge in [-0.2, -0.15) is 0 Å². The third kappa shape index (κ3) is 2.69. The molecule has 0 radical (unpaired) electrons. The fourth-order valence-corrected chi connectivity index (χ4v) is 2.46. The Morgan fingerprint density at radius 1 is 1.10 bits per heavy atom. The smallest absolute Gasteiger partial charge is 0.198 e. The van der Waals surface area contributed by atoms with Crippen molar-refractivity contribution >= 4 is 21.7 Å². The molecule has 2 aromatic heterocycles. The van der Waals surface area contributed by atoms with Gasteiger partial charge in [-0.05, 0) is 28.1 Å². The first-order valence-electron chi connectivity index (χ1n) is 6.66. The van der Waals surface area contributed by atoms with Gasteiger partial charge in [-0.15, -0.1) is 0 Å². The topological polar surface area (TPSA) is 64.9 Å². The minimum absolute atomic E-state index is 0.397. The Hall–Kier alpha value is -2.14. The highest BCUT2D eigenvalue weighted by atomic mass is 79.9. The average molecular weight is 344 g/mol. The van der Waals surface area contributed by atoms with Crippen LogP contribution < -0.4 is 5.73 Å². The van der Waals surface area contributed by atoms with E-state index in [0.29, 0.717) is 21.9 Å². The van der Waals surface area contributed by atoms with Crippen LogP contribution in [0, 0.1) is 0 Å². The lowest BCUT2D eigenvalue weighted by atomic mass is 10.1. The van der Waals surface area contributed by atoms with Crippen molar-refractivity contribution in [3.8, 4) is 22.8 Å². The van der Waals surface area contributed by atoms with E-state index >= 15 is 0 Å². The van der Waals surface area contributed by atoms with Crippen LogP contribution in [0.2, 0.25) is 0 Å². The molecular weight excluding hydrogens is 330 g/mol. The molecule has 1 aromatic carbocycles. The molecule has 0 aliphatic rings. The molecule has 0 aliphatic carbocycles. The molecule has 21 heavy (non-hydrogen) atoms. The molecule has 0 spiro atoms. The number of aryl methyl sites for hydroxylation is 1. The molecule has 0 saturated carbocycles. The molecule has 3 rings (SSSR count). The van der Waals surface area contributed by atoms with Crippen molar-refractivity contribution in [3.63, 3.8) is 0 Å². The Morgan fingerprint density at radius 2 is 1.86 bits per heavy atom. The van der Waals surface area contributed by atoms with E-state index in [9.17, 15) is 0 Å². The molecule has 0 atom stereocenters. The summed E-state index contributed by atoms with van der Waals surface area (Å²) in [6, 6.07) is 13.6. The van der Waals surface area contributed by atoms with E-state index in [0.717, 1.165) is 23.4 Å². The van der Waals surface area contributed by atoms with Gasteiger partial charge in [0.2, 0.25) is 0 Å². The minimum Gasteiger partial charge on any atom is -0.458 e. The van der Waals surface area contributed by atoms with Crippen molar-refractivity contribution in [3.05, 3.63) is 52.7 Å². The van der Waals surface area contributed by atoms with E-state index in [1.54, 1.807) is 0 Å². The van der Waals surface area contributed by atoms with Gasteiger partial charge in [0.05, 0.1) is 10.2 Å². The van der Waals surface area contributed by atoms with E-state index in [1.165, 1.54) is 0 Å². The lowest BCUT2D eigenvalue weighted by molar-refractivity contribution is 0.525. The van der Waals surface area contributed by atoms with Gasteiger partial charge in [0.1, 0.15) is 11.6 Å². The van der Waals surface area contributed by atoms with Crippen molar-refractivity contribution in [2.24, 2.45) is 0 Å². The molecule has 0 saturated heterocycles. The van der Waals surface area contributed by atoms with Crippen molar-refractivity contribution in [2.75, 3.05) is 5.73 Å². The summed E-state index contributed by atoms with van der Waals surface area (Å²) in [6.07, 6.45) is 0.831. The first-order chi connectivity index (χ1) is 10.2. The van der Waals surface area contributed by atoms with Gasteiger partial charge in [-0.3, -0.25) is 0 Å². The fraction of sp³-hybridized carbons (Fsp3) is 0.125. The van der Waals surface area contributed by atoms with Crippen LogP contribution >= 0.6 is 15.9 Å². The molecule has 5 heteroatoms. The van der Waals surface area contributed by atoms with E-state index in [1.807, 2.05) is 49.4 Å². The molecule has 0 aliphatic heterocycles. The van der Waals surface area contributed by atoms with Crippen LogP contribution in [0.4, 0.5) is 5.82 Å². The predicted molar refractivity (Wildman–Crippen MR) is 86.7 cm³/mol. The number of hydrogen-bond donors (Lipinski definition) is 1. The fourth-order valence-electron chi connectivity index (χ4n) is 2.05. The summed E-state index contributed by atoms with van der Waals surface area (Å²) in [6.45, 7) is 2.04. The van der Waals surface area contributed by atoms with Gasteiger partial charge < -0.3 is 10.2 Å². The Balaban J connectivity index is 2.14. The van der Waals surface area contributed by atoms with Crippen molar-refractivity contribution in [1.82, 2.24) is 9.97 Å². The molecule has 0 bridgehead atoms. The van der Waals surface area contributed by atoms with Gasteiger partial charge in [0, 0.05) is 12.0 Å². The van der Waals surface area contributed by atoms with Crippen LogP contribution in [0.3, 0.4) is 0 Å². The Bertz CT molecular complexity index is 768. The van der Waals surface area contributed by atoms with Gasteiger partial charge in [-0.1, -0.05) is 37.3 Å². The number of aromatic nitrogens is 2. The van der Waals surface area contributed by atoms with E-state index in [-0.39, 0.29) is 0 Å². The molecule has 0 fully saturated rings. The molecule has 3 aromatic rings. The average Bonchev–Trinajstić information content (AvgIpc) is 3.00. The maximum absolute atomic E-state index is 6.00. The van der Waals surface area contributed by atoms with Gasteiger partial charge in [0.15, 0.2) is 11.6 Å². The summed E-state index contributed by atoms with van der Waals surface area (Å²) in [5, 5.41) is 0. The normalized spacial score (nSPS) is 10.8. The Morgan fingerprint density at radius 3 is 2.52 bits per heavy atom. The number of nitrogens with two attached hydrogens (primary N) is 1. The quantitative estimate of drug-likeness (QED) is 0.769. The summed E-state index contributed by atoms with van der Waals surface area (Å²) in [4.78, 5) is 8.89. The lowest BCUT2D eigenvalue weighted by Crippen LogP contribution is -2.00. The number of hydrogen-bond acceptors (Lipinski definition) is 4. The SMILES string of the molecule is CCc1ccc(-c2nc(N)c(Br)c(-c3ccccc3)n2)o1. The van der Waals surface area contributed by atoms with E-state index in [2.05, 4.69) is 25.9 Å². The number of nitrogen functional groups attached to an aromatic ring is 1. The minimum atomic E-state index is 0.397. The van der Waals surface area contributed by atoms with Crippen molar-refractivity contribution in [2.45, 2.75) is 13.3 Å². The summed E-state index contributed by atoms with van der Waals surface area (Å²) in [7, 11) is 0. The predicted octanol–water partition coefficient (Wildman–Crippen LogP) is 4.31. The number of benzene rings is 1. The van der Waals surface area contributed by atoms with E-state index in [4.69, 9.17) is 10.2 Å². The zero-order chi connectivity index (χ0) is 14.8. The highest BCUT2D eigenvalue weighted by Gasteiger charge is 2.15. The third-order valence-corrected chi connectivity index (χ3v) is 3.94. The molecule has 106 valence electrons. The Labute approximate surface area is 131 Å². The van der Waals surface area contributed by atoms with Crippen LogP contribution in [0.1, 0.15) is 12.7 Å². The van der Waals surface area contributed by atoms with Crippen molar-refractivity contribution in [1.29, 1.82) is 0 Å². The monoisotopic (exact) mass is 343 g/mol. The molecule has 0 unspecified atom stereocenters. The van der Waals surface area contributed by atoms with Crippen LogP contribution in [0.15, 0.2) is 51.4 Å². The molecule has 4 nitrogen and oxygen atoms in total. The zero-order valence-corrected chi connectivity index (χ0v) is 13.1. The summed E-state index contributed by atoms with van der Waals surface area (Å²) in [5.41, 5.74) is 7.73. The van der Waals surface area contributed by atoms with Crippen LogP contribution in [-0.2, 0) is 6.42 Å². The Kier molecular flexibility index (Phi) is 3.75. The molecule has 2 heterocycles. The largest absolute Gasteiger partial charge is 0.458 e. The second kappa shape index (κ2) is 5.69. The summed E-state index contributed by atoms with van der Waals surface area (Å²) < 4.78 is 6.40. The van der Waals surface area contributed by atoms with Gasteiger partial charge >= 0.3 is 0 Å². The van der Waals surface area contributed by atoms with Gasteiger partial charge in [0.25, 0.3) is 0 Å². The molecule has 0 amide bonds. The first-order valence-corrected chi connectivity index (χ1v) is 7.46. The maximum Gasteiger partial charge on any atom is 0.198 e. The number of nitrogens with zero attached hydrogens (tertiary/aromatic N) is 2. The molecular formula is C16H14BrN3O. The van der Waals surface area contributed by atoms with Gasteiger partial charge in [-0.25, -0.2) is 9.97 Å². The number of anilines is 1. The molecule has 2 N–H and O–H groups in total. The van der Waals surface area contributed by atoms with Crippen LogP contribution in [0.5, 0.6) is 0 Å².